The van der Waals surface area contributed by atoms with Gasteiger partial charge in [-0.3, -0.25) is 0 Å². The summed E-state index contributed by atoms with van der Waals surface area (Å²) in [6, 6.07) is 24.6. The molecule has 0 amide bonds. The molecule has 0 aliphatic heterocycles. The number of hydrogen-bond donors (Lipinski definition) is 0. The minimum atomic E-state index is -1.62. The van der Waals surface area contributed by atoms with E-state index in [1.54, 1.807) is 11.1 Å². The molecule has 4 unspecified atom stereocenters. The van der Waals surface area contributed by atoms with E-state index in [4.69, 9.17) is 0 Å². The Kier molecular flexibility index (Phi) is 7.60. The SMILES string of the molecule is CCCC[Si](C)(C1C2=C(C[C@H]1C)C(c1ccccc1)CCC2)C1C2=C(C[C@H]1C)C(c1ccccc1)CCC2. The third kappa shape index (κ3) is 4.51. The van der Waals surface area contributed by atoms with Gasteiger partial charge in [0.2, 0.25) is 0 Å². The summed E-state index contributed by atoms with van der Waals surface area (Å²) in [5, 5.41) is 0. The van der Waals surface area contributed by atoms with Crippen LogP contribution in [0.3, 0.4) is 0 Å². The van der Waals surface area contributed by atoms with E-state index in [2.05, 4.69) is 88.0 Å². The Hall–Kier alpha value is -1.86. The van der Waals surface area contributed by atoms with Gasteiger partial charge in [-0.2, -0.15) is 0 Å². The van der Waals surface area contributed by atoms with Crippen LogP contribution in [-0.4, -0.2) is 8.07 Å². The van der Waals surface area contributed by atoms with Crippen molar-refractivity contribution in [2.45, 2.75) is 120 Å². The molecule has 0 N–H and O–H groups in total. The zero-order valence-corrected chi connectivity index (χ0v) is 25.5. The second kappa shape index (κ2) is 11.0. The Morgan fingerprint density at radius 2 is 1.11 bits per heavy atom. The van der Waals surface area contributed by atoms with Crippen LogP contribution in [0.25, 0.3) is 0 Å². The standard InChI is InChI=1S/C37H50Si/c1-5-6-23-38(4,36-26(2)24-34-30(19-13-21-32(34)36)28-15-9-7-10-16-28)37-27(3)25-35-31(20-14-22-33(35)37)29-17-11-8-12-18-29/h7-12,15-18,26-27,30-31,36-37H,5-6,13-14,19-25H2,1-4H3/t26-,27-,30?,31?,36?,37?,38?/m1/s1. The quantitative estimate of drug-likeness (QED) is 0.250. The number of hydrogen-bond acceptors (Lipinski definition) is 0. The van der Waals surface area contributed by atoms with Crippen LogP contribution in [0, 0.1) is 11.8 Å². The van der Waals surface area contributed by atoms with Crippen molar-refractivity contribution in [1.29, 1.82) is 0 Å². The van der Waals surface area contributed by atoms with Gasteiger partial charge in [0.1, 0.15) is 0 Å². The van der Waals surface area contributed by atoms with Gasteiger partial charge in [0, 0.05) is 11.8 Å². The average molecular weight is 523 g/mol. The van der Waals surface area contributed by atoms with Gasteiger partial charge >= 0.3 is 0 Å². The molecule has 0 radical (unpaired) electrons. The zero-order chi connectivity index (χ0) is 26.3. The highest BCUT2D eigenvalue weighted by atomic mass is 28.3. The average Bonchev–Trinajstić information content (AvgIpc) is 3.48. The minimum Gasteiger partial charge on any atom is -0.0696 e. The maximum absolute atomic E-state index is 2.91. The molecule has 38 heavy (non-hydrogen) atoms. The molecule has 202 valence electrons. The van der Waals surface area contributed by atoms with Crippen LogP contribution in [-0.2, 0) is 0 Å². The highest BCUT2D eigenvalue weighted by Gasteiger charge is 2.55. The van der Waals surface area contributed by atoms with Gasteiger partial charge < -0.3 is 0 Å². The van der Waals surface area contributed by atoms with Crippen molar-refractivity contribution in [1.82, 2.24) is 0 Å². The molecule has 6 rings (SSSR count). The fourth-order valence-electron chi connectivity index (χ4n) is 10.2. The van der Waals surface area contributed by atoms with Crippen LogP contribution in [0.4, 0.5) is 0 Å². The molecule has 4 aliphatic rings. The van der Waals surface area contributed by atoms with Crippen LogP contribution in [0.15, 0.2) is 83.0 Å². The smallest absolute Gasteiger partial charge is 0.0656 e. The lowest BCUT2D eigenvalue weighted by Gasteiger charge is -2.47. The summed E-state index contributed by atoms with van der Waals surface area (Å²) in [6.45, 7) is 10.7. The lowest BCUT2D eigenvalue weighted by molar-refractivity contribution is 0.546. The highest BCUT2D eigenvalue weighted by molar-refractivity contribution is 6.83. The highest BCUT2D eigenvalue weighted by Crippen LogP contribution is 2.65. The van der Waals surface area contributed by atoms with Gasteiger partial charge in [0.15, 0.2) is 0 Å². The Labute approximate surface area is 234 Å². The van der Waals surface area contributed by atoms with Crippen molar-refractivity contribution in [3.8, 4) is 0 Å². The number of unbranched alkanes of at least 4 members (excludes halogenated alkanes) is 1. The Bertz CT molecular complexity index is 1080. The van der Waals surface area contributed by atoms with E-state index in [1.807, 2.05) is 22.3 Å². The van der Waals surface area contributed by atoms with Crippen molar-refractivity contribution in [2.24, 2.45) is 11.8 Å². The van der Waals surface area contributed by atoms with E-state index in [0.29, 0.717) is 11.8 Å². The van der Waals surface area contributed by atoms with E-state index < -0.39 is 8.07 Å². The minimum absolute atomic E-state index is 0.685. The predicted molar refractivity (Wildman–Crippen MR) is 167 cm³/mol. The summed E-state index contributed by atoms with van der Waals surface area (Å²) in [5.74, 6) is 3.04. The molecule has 0 saturated carbocycles. The molecular formula is C37H50Si. The molecular weight excluding hydrogens is 472 g/mol. The molecule has 6 atom stereocenters. The third-order valence-electron chi connectivity index (χ3n) is 11.4. The van der Waals surface area contributed by atoms with E-state index in [9.17, 15) is 0 Å². The van der Waals surface area contributed by atoms with E-state index in [0.717, 1.165) is 22.9 Å². The van der Waals surface area contributed by atoms with Gasteiger partial charge in [-0.15, -0.1) is 0 Å². The normalized spacial score (nSPS) is 32.7. The first-order valence-corrected chi connectivity index (χ1v) is 18.9. The first kappa shape index (κ1) is 26.4. The Balaban J connectivity index is 1.41. The summed E-state index contributed by atoms with van der Waals surface area (Å²) in [5.41, 5.74) is 12.7. The van der Waals surface area contributed by atoms with Crippen LogP contribution in [0.1, 0.15) is 108 Å². The fraction of sp³-hybridized carbons (Fsp3) is 0.568. The van der Waals surface area contributed by atoms with Gasteiger partial charge in [-0.25, -0.2) is 0 Å². The molecule has 0 spiro atoms. The Morgan fingerprint density at radius 1 is 0.658 bits per heavy atom. The Morgan fingerprint density at radius 3 is 1.53 bits per heavy atom. The van der Waals surface area contributed by atoms with Crippen LogP contribution < -0.4 is 0 Å². The first-order chi connectivity index (χ1) is 18.5. The summed E-state index contributed by atoms with van der Waals surface area (Å²) in [4.78, 5) is 0. The summed E-state index contributed by atoms with van der Waals surface area (Å²) in [7, 11) is -1.62. The first-order valence-electron chi connectivity index (χ1n) is 16.1. The van der Waals surface area contributed by atoms with E-state index >= 15 is 0 Å². The van der Waals surface area contributed by atoms with Crippen LogP contribution >= 0.6 is 0 Å². The van der Waals surface area contributed by atoms with Gasteiger partial charge in [-0.1, -0.05) is 129 Å². The summed E-state index contributed by atoms with van der Waals surface area (Å²) < 4.78 is 0. The lowest BCUT2D eigenvalue weighted by Crippen LogP contribution is -2.46. The third-order valence-corrected chi connectivity index (χ3v) is 17.5. The molecule has 2 aromatic carbocycles. The van der Waals surface area contributed by atoms with Crippen LogP contribution in [0.2, 0.25) is 23.7 Å². The second-order valence-corrected chi connectivity index (χ2v) is 18.5. The molecule has 0 fully saturated rings. The van der Waals surface area contributed by atoms with Crippen LogP contribution in [0.5, 0.6) is 0 Å². The molecule has 0 saturated heterocycles. The molecule has 0 bridgehead atoms. The molecule has 4 aliphatic carbocycles. The largest absolute Gasteiger partial charge is 0.0696 e. The van der Waals surface area contributed by atoms with E-state index in [-0.39, 0.29) is 0 Å². The van der Waals surface area contributed by atoms with Crippen molar-refractivity contribution in [2.75, 3.05) is 0 Å². The maximum atomic E-state index is 2.91. The lowest BCUT2D eigenvalue weighted by atomic mass is 9.80. The molecule has 0 heterocycles. The van der Waals surface area contributed by atoms with Gasteiger partial charge in [0.25, 0.3) is 0 Å². The summed E-state index contributed by atoms with van der Waals surface area (Å²) >= 11 is 0. The monoisotopic (exact) mass is 522 g/mol. The molecule has 1 heteroatoms. The molecule has 0 nitrogen and oxygen atoms in total. The van der Waals surface area contributed by atoms with E-state index in [1.165, 1.54) is 70.3 Å². The van der Waals surface area contributed by atoms with Gasteiger partial charge in [0.05, 0.1) is 8.07 Å². The molecule has 2 aromatic rings. The maximum Gasteiger partial charge on any atom is 0.0656 e. The van der Waals surface area contributed by atoms with Gasteiger partial charge in [-0.05, 0) is 85.4 Å². The number of allylic oxidation sites excluding steroid dienone is 4. The predicted octanol–water partition coefficient (Wildman–Crippen LogP) is 11.2. The number of rotatable bonds is 7. The summed E-state index contributed by atoms with van der Waals surface area (Å²) in [6.07, 6.45) is 13.8. The zero-order valence-electron chi connectivity index (χ0n) is 24.5. The topological polar surface area (TPSA) is 0 Å². The van der Waals surface area contributed by atoms with Crippen molar-refractivity contribution < 1.29 is 0 Å². The molecule has 0 aromatic heterocycles. The fourth-order valence-corrected chi connectivity index (χ4v) is 17.5. The van der Waals surface area contributed by atoms with Crippen molar-refractivity contribution >= 4 is 8.07 Å². The number of benzene rings is 2. The second-order valence-electron chi connectivity index (χ2n) is 13.7. The van der Waals surface area contributed by atoms with Crippen molar-refractivity contribution in [3.63, 3.8) is 0 Å². The van der Waals surface area contributed by atoms with Crippen molar-refractivity contribution in [3.05, 3.63) is 94.1 Å².